The van der Waals surface area contributed by atoms with E-state index >= 15 is 0 Å². The van der Waals surface area contributed by atoms with Crippen molar-refractivity contribution in [3.8, 4) is 5.75 Å². The van der Waals surface area contributed by atoms with Crippen molar-refractivity contribution in [1.82, 2.24) is 0 Å². The van der Waals surface area contributed by atoms with Gasteiger partial charge in [0.05, 0.1) is 17.3 Å². The molecular weight excluding hydrogens is 202 g/mol. The number of ether oxygens (including phenoxy) is 1. The summed E-state index contributed by atoms with van der Waals surface area (Å²) in [5.41, 5.74) is 1.36. The van der Waals surface area contributed by atoms with Crippen molar-refractivity contribution in [2.24, 2.45) is 4.99 Å². The van der Waals surface area contributed by atoms with E-state index in [9.17, 15) is 4.79 Å². The Balaban J connectivity index is 3.16. The molecule has 0 N–H and O–H groups in total. The monoisotopic (exact) mass is 211 g/mol. The summed E-state index contributed by atoms with van der Waals surface area (Å²) in [4.78, 5) is 13.6. The minimum absolute atomic E-state index is 0.450. The van der Waals surface area contributed by atoms with Gasteiger partial charge in [-0.1, -0.05) is 11.6 Å². The van der Waals surface area contributed by atoms with Crippen LogP contribution in [0.15, 0.2) is 17.1 Å². The van der Waals surface area contributed by atoms with E-state index in [0.29, 0.717) is 23.1 Å². The lowest BCUT2D eigenvalue weighted by Crippen LogP contribution is -1.92. The Morgan fingerprint density at radius 2 is 2.29 bits per heavy atom. The average Bonchev–Trinajstić information content (AvgIpc) is 2.14. The van der Waals surface area contributed by atoms with Crippen LogP contribution in [0.3, 0.4) is 0 Å². The number of aryl methyl sites for hydroxylation is 1. The maximum Gasteiger partial charge on any atom is 0.240 e. The van der Waals surface area contributed by atoms with Gasteiger partial charge in [-0.25, -0.2) is 4.79 Å². The normalized spacial score (nSPS) is 9.36. The van der Waals surface area contributed by atoms with Crippen LogP contribution in [-0.2, 0) is 4.79 Å². The van der Waals surface area contributed by atoms with Crippen LogP contribution in [0.25, 0.3) is 0 Å². The molecule has 1 rings (SSSR count). The molecule has 0 saturated carbocycles. The van der Waals surface area contributed by atoms with Crippen LogP contribution in [-0.4, -0.2) is 12.7 Å². The van der Waals surface area contributed by atoms with Gasteiger partial charge in [-0.05, 0) is 31.5 Å². The summed E-state index contributed by atoms with van der Waals surface area (Å²) < 4.78 is 5.28. The van der Waals surface area contributed by atoms with E-state index in [-0.39, 0.29) is 0 Å². The number of halogens is 1. The third-order valence-corrected chi connectivity index (χ3v) is 2.01. The Hall–Kier alpha value is -1.31. The summed E-state index contributed by atoms with van der Waals surface area (Å²) in [5.74, 6) is 0.608. The van der Waals surface area contributed by atoms with E-state index in [0.717, 1.165) is 5.56 Å². The molecule has 0 aliphatic heterocycles. The number of nitrogens with zero attached hydrogens (tertiary/aromatic N) is 1. The Kier molecular flexibility index (Phi) is 3.69. The van der Waals surface area contributed by atoms with Crippen LogP contribution >= 0.6 is 11.6 Å². The second-order valence-electron chi connectivity index (χ2n) is 2.71. The highest BCUT2D eigenvalue weighted by Crippen LogP contribution is 2.32. The summed E-state index contributed by atoms with van der Waals surface area (Å²) in [6.07, 6.45) is 1.48. The van der Waals surface area contributed by atoms with Gasteiger partial charge in [0.15, 0.2) is 0 Å². The average molecular weight is 212 g/mol. The fourth-order valence-corrected chi connectivity index (χ4v) is 1.29. The molecule has 0 unspecified atom stereocenters. The molecule has 0 bridgehead atoms. The molecule has 0 aromatic heterocycles. The van der Waals surface area contributed by atoms with E-state index in [1.54, 1.807) is 12.1 Å². The molecule has 0 aliphatic carbocycles. The van der Waals surface area contributed by atoms with Gasteiger partial charge >= 0.3 is 0 Å². The van der Waals surface area contributed by atoms with Crippen molar-refractivity contribution >= 4 is 23.4 Å². The smallest absolute Gasteiger partial charge is 0.240 e. The number of rotatable bonds is 3. The zero-order valence-corrected chi connectivity index (χ0v) is 8.76. The van der Waals surface area contributed by atoms with Gasteiger partial charge in [0.2, 0.25) is 6.08 Å². The Morgan fingerprint density at radius 3 is 2.86 bits per heavy atom. The van der Waals surface area contributed by atoms with Gasteiger partial charge in [0, 0.05) is 0 Å². The summed E-state index contributed by atoms with van der Waals surface area (Å²) >= 11 is 5.90. The fourth-order valence-electron chi connectivity index (χ4n) is 1.08. The third kappa shape index (κ3) is 2.34. The first-order chi connectivity index (χ1) is 6.69. The second kappa shape index (κ2) is 4.80. The highest BCUT2D eigenvalue weighted by atomic mass is 35.5. The SMILES string of the molecule is CCOc1cc(C)c(N=C=O)cc1Cl. The molecule has 0 amide bonds. The Morgan fingerprint density at radius 1 is 1.57 bits per heavy atom. The number of isocyanates is 1. The van der Waals surface area contributed by atoms with Crippen molar-refractivity contribution in [2.45, 2.75) is 13.8 Å². The summed E-state index contributed by atoms with van der Waals surface area (Å²) in [6, 6.07) is 3.34. The van der Waals surface area contributed by atoms with Gasteiger partial charge in [-0.15, -0.1) is 0 Å². The Labute approximate surface area is 87.4 Å². The first-order valence-corrected chi connectivity index (χ1v) is 4.57. The van der Waals surface area contributed by atoms with Crippen molar-refractivity contribution < 1.29 is 9.53 Å². The minimum atomic E-state index is 0.450. The van der Waals surface area contributed by atoms with Gasteiger partial charge in [0.25, 0.3) is 0 Å². The summed E-state index contributed by atoms with van der Waals surface area (Å²) in [7, 11) is 0. The minimum Gasteiger partial charge on any atom is -0.492 e. The molecule has 0 saturated heterocycles. The van der Waals surface area contributed by atoms with Crippen molar-refractivity contribution in [3.05, 3.63) is 22.7 Å². The maximum atomic E-state index is 10.1. The molecule has 3 nitrogen and oxygen atoms in total. The number of benzene rings is 1. The van der Waals surface area contributed by atoms with E-state index in [4.69, 9.17) is 16.3 Å². The zero-order valence-electron chi connectivity index (χ0n) is 8.00. The largest absolute Gasteiger partial charge is 0.492 e. The maximum absolute atomic E-state index is 10.1. The highest BCUT2D eigenvalue weighted by molar-refractivity contribution is 6.32. The Bertz CT molecular complexity index is 384. The number of carbonyl (C=O) groups excluding carboxylic acids is 1. The molecule has 0 spiro atoms. The molecule has 0 radical (unpaired) electrons. The standard InChI is InChI=1S/C10H10ClNO2/c1-3-14-10-4-7(2)9(12-6-13)5-8(10)11/h4-5H,3H2,1-2H3. The molecule has 74 valence electrons. The molecule has 0 heterocycles. The lowest BCUT2D eigenvalue weighted by molar-refractivity contribution is 0.340. The zero-order chi connectivity index (χ0) is 10.6. The summed E-state index contributed by atoms with van der Waals surface area (Å²) in [5, 5.41) is 0.450. The molecule has 1 aromatic carbocycles. The van der Waals surface area contributed by atoms with Crippen LogP contribution in [0.1, 0.15) is 12.5 Å². The molecule has 1 aromatic rings. The summed E-state index contributed by atoms with van der Waals surface area (Å²) in [6.45, 7) is 4.26. The van der Waals surface area contributed by atoms with E-state index < -0.39 is 0 Å². The first-order valence-electron chi connectivity index (χ1n) is 4.19. The van der Waals surface area contributed by atoms with Crippen molar-refractivity contribution in [2.75, 3.05) is 6.61 Å². The number of aliphatic imine (C=N–C) groups is 1. The third-order valence-electron chi connectivity index (χ3n) is 1.72. The predicted octanol–water partition coefficient (Wildman–Crippen LogP) is 3.01. The van der Waals surface area contributed by atoms with Crippen LogP contribution in [0, 0.1) is 6.92 Å². The molecular formula is C10H10ClNO2. The molecule has 0 fully saturated rings. The number of hydrogen-bond donors (Lipinski definition) is 0. The van der Waals surface area contributed by atoms with Gasteiger partial charge in [0.1, 0.15) is 5.75 Å². The van der Waals surface area contributed by atoms with Crippen LogP contribution < -0.4 is 4.74 Å². The van der Waals surface area contributed by atoms with Crippen LogP contribution in [0.2, 0.25) is 5.02 Å². The first kappa shape index (κ1) is 10.8. The lowest BCUT2D eigenvalue weighted by atomic mass is 10.2. The molecule has 0 atom stereocenters. The predicted molar refractivity (Wildman–Crippen MR) is 55.1 cm³/mol. The van der Waals surface area contributed by atoms with Gasteiger partial charge in [-0.3, -0.25) is 0 Å². The molecule has 4 heteroatoms. The topological polar surface area (TPSA) is 38.7 Å². The van der Waals surface area contributed by atoms with E-state index in [1.165, 1.54) is 6.08 Å². The van der Waals surface area contributed by atoms with Gasteiger partial charge < -0.3 is 4.74 Å². The molecule has 14 heavy (non-hydrogen) atoms. The van der Waals surface area contributed by atoms with Crippen molar-refractivity contribution in [1.29, 1.82) is 0 Å². The van der Waals surface area contributed by atoms with Crippen LogP contribution in [0.4, 0.5) is 5.69 Å². The van der Waals surface area contributed by atoms with E-state index in [1.807, 2.05) is 13.8 Å². The van der Waals surface area contributed by atoms with E-state index in [2.05, 4.69) is 4.99 Å². The fraction of sp³-hybridized carbons (Fsp3) is 0.300. The van der Waals surface area contributed by atoms with Crippen LogP contribution in [0.5, 0.6) is 5.75 Å². The van der Waals surface area contributed by atoms with Gasteiger partial charge in [-0.2, -0.15) is 4.99 Å². The van der Waals surface area contributed by atoms with Crippen molar-refractivity contribution in [3.63, 3.8) is 0 Å². The number of hydrogen-bond acceptors (Lipinski definition) is 3. The highest BCUT2D eigenvalue weighted by Gasteiger charge is 2.05. The quantitative estimate of drug-likeness (QED) is 0.570. The molecule has 0 aliphatic rings. The lowest BCUT2D eigenvalue weighted by Gasteiger charge is -2.07. The second-order valence-corrected chi connectivity index (χ2v) is 3.11.